The van der Waals surface area contributed by atoms with Gasteiger partial charge in [-0.1, -0.05) is 42.0 Å². The molecule has 0 atom stereocenters. The van der Waals surface area contributed by atoms with Crippen molar-refractivity contribution in [3.8, 4) is 11.8 Å². The number of ether oxygens (including phenoxy) is 1. The lowest BCUT2D eigenvalue weighted by molar-refractivity contribution is -0.112. The van der Waals surface area contributed by atoms with Crippen LogP contribution in [0.25, 0.3) is 0 Å². The molecule has 1 amide bonds. The zero-order valence-electron chi connectivity index (χ0n) is 13.7. The summed E-state index contributed by atoms with van der Waals surface area (Å²) in [6, 6.07) is 17.0. The van der Waals surface area contributed by atoms with Crippen LogP contribution < -0.4 is 15.4 Å². The van der Waals surface area contributed by atoms with Crippen LogP contribution in [0.3, 0.4) is 0 Å². The fraction of sp³-hybridized carbons (Fsp3) is 0.158. The van der Waals surface area contributed by atoms with Crippen LogP contribution in [0.15, 0.2) is 60.3 Å². The summed E-state index contributed by atoms with van der Waals surface area (Å²) in [7, 11) is 1.52. The number of aryl methyl sites for hydroxylation is 1. The molecule has 2 aromatic carbocycles. The molecule has 2 rings (SSSR count). The molecule has 0 aromatic heterocycles. The Hall–Kier alpha value is -3.26. The molecular weight excluding hydrogens is 302 g/mol. The maximum atomic E-state index is 12.2. The van der Waals surface area contributed by atoms with Gasteiger partial charge in [0.05, 0.1) is 12.8 Å². The number of methoxy groups -OCH3 is 1. The van der Waals surface area contributed by atoms with E-state index in [1.807, 2.05) is 37.3 Å². The Bertz CT molecular complexity index is 774. The molecule has 24 heavy (non-hydrogen) atoms. The van der Waals surface area contributed by atoms with Crippen LogP contribution in [0.2, 0.25) is 0 Å². The second-order valence-corrected chi connectivity index (χ2v) is 5.19. The summed E-state index contributed by atoms with van der Waals surface area (Å²) in [6.07, 6.45) is 1.42. The van der Waals surface area contributed by atoms with E-state index in [1.54, 1.807) is 24.3 Å². The normalized spacial score (nSPS) is 10.6. The Morgan fingerprint density at radius 2 is 1.92 bits per heavy atom. The largest absolute Gasteiger partial charge is 0.495 e. The second-order valence-electron chi connectivity index (χ2n) is 5.19. The fourth-order valence-electron chi connectivity index (χ4n) is 2.06. The van der Waals surface area contributed by atoms with E-state index in [2.05, 4.69) is 10.6 Å². The Morgan fingerprint density at radius 3 is 2.58 bits per heavy atom. The van der Waals surface area contributed by atoms with Crippen molar-refractivity contribution in [1.82, 2.24) is 5.32 Å². The number of nitriles is 1. The minimum Gasteiger partial charge on any atom is -0.495 e. The fourth-order valence-corrected chi connectivity index (χ4v) is 2.06. The number of carbonyl (C=O) groups excluding carboxylic acids is 1. The van der Waals surface area contributed by atoms with E-state index in [4.69, 9.17) is 4.74 Å². The number of para-hydroxylation sites is 2. The molecule has 5 heteroatoms. The van der Waals surface area contributed by atoms with Crippen molar-refractivity contribution in [1.29, 1.82) is 5.26 Å². The molecule has 0 radical (unpaired) electrons. The van der Waals surface area contributed by atoms with E-state index in [0.717, 1.165) is 5.56 Å². The summed E-state index contributed by atoms with van der Waals surface area (Å²) in [5.74, 6) is 0.0501. The van der Waals surface area contributed by atoms with E-state index in [0.29, 0.717) is 18.0 Å². The summed E-state index contributed by atoms with van der Waals surface area (Å²) < 4.78 is 5.18. The number of rotatable bonds is 6. The number of benzene rings is 2. The van der Waals surface area contributed by atoms with E-state index in [-0.39, 0.29) is 5.57 Å². The minimum atomic E-state index is -0.488. The van der Waals surface area contributed by atoms with Crippen molar-refractivity contribution in [2.24, 2.45) is 0 Å². The number of anilines is 1. The first-order valence-corrected chi connectivity index (χ1v) is 7.47. The predicted octanol–water partition coefficient (Wildman–Crippen LogP) is 3.14. The molecule has 5 nitrogen and oxygen atoms in total. The van der Waals surface area contributed by atoms with Crippen molar-refractivity contribution >= 4 is 11.6 Å². The monoisotopic (exact) mass is 321 g/mol. The molecule has 0 heterocycles. The first-order valence-electron chi connectivity index (χ1n) is 7.47. The van der Waals surface area contributed by atoms with E-state index in [9.17, 15) is 10.1 Å². The van der Waals surface area contributed by atoms with Gasteiger partial charge < -0.3 is 15.4 Å². The van der Waals surface area contributed by atoms with Crippen LogP contribution in [0.5, 0.6) is 5.75 Å². The Kier molecular flexibility index (Phi) is 5.98. The predicted molar refractivity (Wildman–Crippen MR) is 93.3 cm³/mol. The van der Waals surface area contributed by atoms with Gasteiger partial charge in [-0.25, -0.2) is 0 Å². The van der Waals surface area contributed by atoms with Crippen LogP contribution in [0, 0.1) is 18.3 Å². The summed E-state index contributed by atoms with van der Waals surface area (Å²) >= 11 is 0. The third-order valence-corrected chi connectivity index (χ3v) is 3.39. The third kappa shape index (κ3) is 4.62. The van der Waals surface area contributed by atoms with Crippen molar-refractivity contribution < 1.29 is 9.53 Å². The third-order valence-electron chi connectivity index (χ3n) is 3.39. The number of nitrogens with zero attached hydrogens (tertiary/aromatic N) is 1. The van der Waals surface area contributed by atoms with Crippen LogP contribution >= 0.6 is 0 Å². The lowest BCUT2D eigenvalue weighted by Crippen LogP contribution is -2.17. The van der Waals surface area contributed by atoms with Crippen molar-refractivity contribution in [2.75, 3.05) is 12.4 Å². The molecule has 0 aliphatic carbocycles. The number of nitrogens with one attached hydrogen (secondary N) is 2. The number of hydrogen-bond acceptors (Lipinski definition) is 4. The Balaban J connectivity index is 2.00. The highest BCUT2D eigenvalue weighted by Crippen LogP contribution is 2.23. The molecule has 0 saturated heterocycles. The van der Waals surface area contributed by atoms with Crippen LogP contribution in [0.1, 0.15) is 11.1 Å². The summed E-state index contributed by atoms with van der Waals surface area (Å²) in [4.78, 5) is 12.2. The Labute approximate surface area is 141 Å². The Morgan fingerprint density at radius 1 is 1.21 bits per heavy atom. The maximum Gasteiger partial charge on any atom is 0.267 e. The lowest BCUT2D eigenvalue weighted by atomic mass is 10.1. The molecule has 0 aliphatic heterocycles. The molecule has 2 aromatic rings. The van der Waals surface area contributed by atoms with Gasteiger partial charge in [0, 0.05) is 12.7 Å². The average molecular weight is 321 g/mol. The molecule has 0 bridgehead atoms. The van der Waals surface area contributed by atoms with E-state index in [1.165, 1.54) is 18.9 Å². The summed E-state index contributed by atoms with van der Waals surface area (Å²) in [5, 5.41) is 14.8. The highest BCUT2D eigenvalue weighted by molar-refractivity contribution is 6.07. The topological polar surface area (TPSA) is 74.1 Å². The second kappa shape index (κ2) is 8.39. The minimum absolute atomic E-state index is 0.00646. The molecule has 122 valence electrons. The molecule has 0 aliphatic rings. The highest BCUT2D eigenvalue weighted by Gasteiger charge is 2.11. The smallest absolute Gasteiger partial charge is 0.267 e. The van der Waals surface area contributed by atoms with Gasteiger partial charge in [-0.05, 0) is 24.6 Å². The molecular formula is C19H19N3O2. The van der Waals surface area contributed by atoms with E-state index < -0.39 is 5.91 Å². The van der Waals surface area contributed by atoms with Gasteiger partial charge >= 0.3 is 0 Å². The lowest BCUT2D eigenvalue weighted by Gasteiger charge is -2.09. The SMILES string of the molecule is COc1ccccc1NC(=O)/C(C#N)=C\NCc1ccc(C)cc1. The van der Waals surface area contributed by atoms with Gasteiger partial charge in [0.2, 0.25) is 0 Å². The van der Waals surface area contributed by atoms with Gasteiger partial charge in [0.1, 0.15) is 17.4 Å². The summed E-state index contributed by atoms with van der Waals surface area (Å²) in [5.41, 5.74) is 2.76. The van der Waals surface area contributed by atoms with Crippen LogP contribution in [-0.4, -0.2) is 13.0 Å². The first kappa shape index (κ1) is 17.1. The van der Waals surface area contributed by atoms with Gasteiger partial charge in [-0.2, -0.15) is 5.26 Å². The van der Waals surface area contributed by atoms with Gasteiger partial charge in [0.25, 0.3) is 5.91 Å². The zero-order valence-corrected chi connectivity index (χ0v) is 13.7. The van der Waals surface area contributed by atoms with Crippen LogP contribution in [0.4, 0.5) is 5.69 Å². The molecule has 2 N–H and O–H groups in total. The van der Waals surface area contributed by atoms with Crippen LogP contribution in [-0.2, 0) is 11.3 Å². The van der Waals surface area contributed by atoms with Gasteiger partial charge in [-0.3, -0.25) is 4.79 Å². The molecule has 0 saturated carbocycles. The standard InChI is InChI=1S/C19H19N3O2/c1-14-7-9-15(10-8-14)12-21-13-16(11-20)19(23)22-17-5-3-4-6-18(17)24-2/h3-10,13,21H,12H2,1-2H3,(H,22,23)/b16-13-. The maximum absolute atomic E-state index is 12.2. The van der Waals surface area contributed by atoms with Crippen molar-refractivity contribution in [3.63, 3.8) is 0 Å². The molecule has 0 spiro atoms. The number of amides is 1. The van der Waals surface area contributed by atoms with Gasteiger partial charge in [-0.15, -0.1) is 0 Å². The summed E-state index contributed by atoms with van der Waals surface area (Å²) in [6.45, 7) is 2.56. The molecule has 0 unspecified atom stereocenters. The van der Waals surface area contributed by atoms with E-state index >= 15 is 0 Å². The number of hydrogen-bond donors (Lipinski definition) is 2. The molecule has 0 fully saturated rings. The number of carbonyl (C=O) groups is 1. The zero-order chi connectivity index (χ0) is 17.4. The average Bonchev–Trinajstić information content (AvgIpc) is 2.60. The van der Waals surface area contributed by atoms with Crippen molar-refractivity contribution in [2.45, 2.75) is 13.5 Å². The first-order chi connectivity index (χ1) is 11.6. The van der Waals surface area contributed by atoms with Crippen molar-refractivity contribution in [3.05, 3.63) is 71.4 Å². The highest BCUT2D eigenvalue weighted by atomic mass is 16.5. The quantitative estimate of drug-likeness (QED) is 0.633. The van der Waals surface area contributed by atoms with Gasteiger partial charge in [0.15, 0.2) is 0 Å².